The molecule has 2 saturated heterocycles. The number of nitriles is 1. The molecule has 0 N–H and O–H groups in total. The van der Waals surface area contributed by atoms with E-state index >= 15 is 0 Å². The molecule has 5 rings (SSSR count). The summed E-state index contributed by atoms with van der Waals surface area (Å²) in [6.45, 7) is 19.3. The SMILES string of the molecule is C=C[C@@H]1[C@H](C(=C)N(C)c2ccc(C#N)c3ccccc23)[C@@]2(C)CC[C@]1(CCOc1cc(C)nc(C)n1)O2.CC. The van der Waals surface area contributed by atoms with E-state index < -0.39 is 0 Å². The van der Waals surface area contributed by atoms with Gasteiger partial charge in [-0.15, -0.1) is 6.58 Å². The Hall–Kier alpha value is -3.69. The summed E-state index contributed by atoms with van der Waals surface area (Å²) in [5.74, 6) is 1.48. The van der Waals surface area contributed by atoms with Crippen LogP contribution in [0.3, 0.4) is 0 Å². The molecule has 6 nitrogen and oxygen atoms in total. The van der Waals surface area contributed by atoms with E-state index in [9.17, 15) is 5.26 Å². The first-order valence-corrected chi connectivity index (χ1v) is 13.8. The molecular formula is C33H40N4O2. The Morgan fingerprint density at radius 2 is 1.90 bits per heavy atom. The molecule has 0 amide bonds. The van der Waals surface area contributed by atoms with Crippen molar-refractivity contribution >= 4 is 16.5 Å². The first kappa shape index (κ1) is 28.3. The van der Waals surface area contributed by atoms with Crippen molar-refractivity contribution in [2.24, 2.45) is 11.8 Å². The molecule has 0 aliphatic carbocycles. The van der Waals surface area contributed by atoms with E-state index in [1.165, 1.54) is 0 Å². The molecule has 2 aliphatic rings. The van der Waals surface area contributed by atoms with Gasteiger partial charge in [0, 0.05) is 59.2 Å². The average molecular weight is 525 g/mol. The fourth-order valence-corrected chi connectivity index (χ4v) is 6.54. The summed E-state index contributed by atoms with van der Waals surface area (Å²) in [4.78, 5) is 10.9. The van der Waals surface area contributed by atoms with Crippen molar-refractivity contribution in [3.8, 4) is 11.9 Å². The molecule has 0 radical (unpaired) electrons. The van der Waals surface area contributed by atoms with Crippen LogP contribution in [0.25, 0.3) is 10.8 Å². The topological polar surface area (TPSA) is 71.3 Å². The lowest BCUT2D eigenvalue weighted by Gasteiger charge is -2.40. The van der Waals surface area contributed by atoms with Crippen molar-refractivity contribution in [2.75, 3.05) is 18.6 Å². The monoisotopic (exact) mass is 524 g/mol. The summed E-state index contributed by atoms with van der Waals surface area (Å²) in [5, 5.41) is 11.6. The third-order valence-corrected chi connectivity index (χ3v) is 8.25. The van der Waals surface area contributed by atoms with Gasteiger partial charge < -0.3 is 14.4 Å². The summed E-state index contributed by atoms with van der Waals surface area (Å²) in [5.41, 5.74) is 2.90. The van der Waals surface area contributed by atoms with Crippen molar-refractivity contribution in [3.63, 3.8) is 0 Å². The molecule has 2 bridgehead atoms. The zero-order valence-corrected chi connectivity index (χ0v) is 24.1. The van der Waals surface area contributed by atoms with Gasteiger partial charge in [0.25, 0.3) is 0 Å². The second-order valence-electron chi connectivity index (χ2n) is 10.6. The molecular weight excluding hydrogens is 484 g/mol. The first-order valence-electron chi connectivity index (χ1n) is 13.8. The second kappa shape index (κ2) is 11.2. The Balaban J connectivity index is 0.00000172. The van der Waals surface area contributed by atoms with Gasteiger partial charge in [0.1, 0.15) is 5.82 Å². The third kappa shape index (κ3) is 5.04. The van der Waals surface area contributed by atoms with Gasteiger partial charge in [-0.2, -0.15) is 10.2 Å². The van der Waals surface area contributed by atoms with Crippen LogP contribution >= 0.6 is 0 Å². The number of nitrogens with zero attached hydrogens (tertiary/aromatic N) is 4. The molecule has 4 atom stereocenters. The van der Waals surface area contributed by atoms with Crippen LogP contribution in [0.5, 0.6) is 5.88 Å². The Labute approximate surface area is 233 Å². The van der Waals surface area contributed by atoms with Crippen LogP contribution in [-0.4, -0.2) is 34.8 Å². The Morgan fingerprint density at radius 1 is 1.18 bits per heavy atom. The van der Waals surface area contributed by atoms with Gasteiger partial charge in [0.2, 0.25) is 5.88 Å². The van der Waals surface area contributed by atoms with E-state index in [1.54, 1.807) is 0 Å². The largest absolute Gasteiger partial charge is 0.477 e. The van der Waals surface area contributed by atoms with Gasteiger partial charge in [-0.05, 0) is 45.7 Å². The molecule has 0 spiro atoms. The molecule has 3 aromatic rings. The fraction of sp³-hybridized carbons (Fsp3) is 0.424. The van der Waals surface area contributed by atoms with Crippen LogP contribution in [0.1, 0.15) is 57.1 Å². The van der Waals surface area contributed by atoms with Crippen LogP contribution in [0, 0.1) is 37.0 Å². The molecule has 2 aromatic carbocycles. The molecule has 204 valence electrons. The molecule has 2 fully saturated rings. The second-order valence-corrected chi connectivity index (χ2v) is 10.6. The quantitative estimate of drug-likeness (QED) is 0.288. The number of aryl methyl sites for hydroxylation is 2. The molecule has 6 heteroatoms. The summed E-state index contributed by atoms with van der Waals surface area (Å²) < 4.78 is 12.9. The van der Waals surface area contributed by atoms with Gasteiger partial charge in [0.05, 0.1) is 29.4 Å². The Bertz CT molecular complexity index is 1410. The lowest BCUT2D eigenvalue weighted by Crippen LogP contribution is -2.43. The van der Waals surface area contributed by atoms with Crippen molar-refractivity contribution in [1.29, 1.82) is 5.26 Å². The lowest BCUT2D eigenvalue weighted by atomic mass is 9.65. The molecule has 39 heavy (non-hydrogen) atoms. The average Bonchev–Trinajstić information content (AvgIpc) is 3.40. The first-order chi connectivity index (χ1) is 18.7. The van der Waals surface area contributed by atoms with Gasteiger partial charge in [-0.25, -0.2) is 4.98 Å². The van der Waals surface area contributed by atoms with Crippen LogP contribution in [0.15, 0.2) is 67.4 Å². The van der Waals surface area contributed by atoms with Crippen LogP contribution in [-0.2, 0) is 4.74 Å². The van der Waals surface area contributed by atoms with E-state index in [1.807, 2.05) is 70.2 Å². The predicted octanol–water partition coefficient (Wildman–Crippen LogP) is 7.30. The fourth-order valence-electron chi connectivity index (χ4n) is 6.54. The van der Waals surface area contributed by atoms with Crippen molar-refractivity contribution in [3.05, 3.63) is 84.5 Å². The van der Waals surface area contributed by atoms with Crippen molar-refractivity contribution in [2.45, 2.75) is 65.1 Å². The summed E-state index contributed by atoms with van der Waals surface area (Å²) >= 11 is 0. The molecule has 3 heterocycles. The van der Waals surface area contributed by atoms with E-state index in [4.69, 9.17) is 9.47 Å². The number of fused-ring (bicyclic) bond motifs is 3. The minimum atomic E-state index is -0.352. The highest BCUT2D eigenvalue weighted by Crippen LogP contribution is 2.61. The van der Waals surface area contributed by atoms with Gasteiger partial charge in [-0.3, -0.25) is 0 Å². The zero-order chi connectivity index (χ0) is 28.4. The van der Waals surface area contributed by atoms with E-state index in [-0.39, 0.29) is 23.0 Å². The summed E-state index contributed by atoms with van der Waals surface area (Å²) in [6.07, 6.45) is 4.70. The zero-order valence-electron chi connectivity index (χ0n) is 24.1. The summed E-state index contributed by atoms with van der Waals surface area (Å²) in [6, 6.07) is 16.1. The van der Waals surface area contributed by atoms with E-state index in [0.717, 1.165) is 47.1 Å². The number of aromatic nitrogens is 2. The van der Waals surface area contributed by atoms with Gasteiger partial charge in [-0.1, -0.05) is 50.8 Å². The van der Waals surface area contributed by atoms with E-state index in [0.29, 0.717) is 23.9 Å². The Morgan fingerprint density at radius 3 is 2.56 bits per heavy atom. The molecule has 2 aliphatic heterocycles. The molecule has 0 unspecified atom stereocenters. The smallest absolute Gasteiger partial charge is 0.216 e. The number of hydrogen-bond acceptors (Lipinski definition) is 6. The molecule has 0 saturated carbocycles. The number of rotatable bonds is 8. The lowest BCUT2D eigenvalue weighted by molar-refractivity contribution is -0.0585. The highest BCUT2D eigenvalue weighted by atomic mass is 16.5. The molecule has 1 aromatic heterocycles. The van der Waals surface area contributed by atoms with Crippen LogP contribution < -0.4 is 9.64 Å². The van der Waals surface area contributed by atoms with Gasteiger partial charge >= 0.3 is 0 Å². The standard InChI is InChI=1S/C31H34N4O2.C2H6/c1-7-26-29(21(3)35(6)27-13-12-23(19-32)24-10-8-9-11-25(24)27)30(5)14-15-31(26,37-30)16-17-36-28-18-20(2)33-22(4)34-28;1-2/h7-13,18,26,29H,1,3,14-17H2,2,4-6H3;1-2H3/t26-,29+,30-,31-;/m1./s1. The minimum absolute atomic E-state index is 0.0710. The third-order valence-electron chi connectivity index (χ3n) is 8.25. The van der Waals surface area contributed by atoms with Gasteiger partial charge in [0.15, 0.2) is 0 Å². The van der Waals surface area contributed by atoms with Crippen molar-refractivity contribution in [1.82, 2.24) is 9.97 Å². The maximum atomic E-state index is 9.59. The van der Waals surface area contributed by atoms with Crippen LogP contribution in [0.4, 0.5) is 5.69 Å². The highest BCUT2D eigenvalue weighted by molar-refractivity contribution is 5.98. The number of hydrogen-bond donors (Lipinski definition) is 0. The normalized spacial score (nSPS) is 24.9. The highest BCUT2D eigenvalue weighted by Gasteiger charge is 2.64. The maximum absolute atomic E-state index is 9.59. The van der Waals surface area contributed by atoms with Crippen LogP contribution in [0.2, 0.25) is 0 Å². The number of ether oxygens (including phenoxy) is 2. The summed E-state index contributed by atoms with van der Waals surface area (Å²) in [7, 11) is 2.06. The van der Waals surface area contributed by atoms with E-state index in [2.05, 4.69) is 54.1 Å². The Kier molecular flexibility index (Phi) is 8.13. The maximum Gasteiger partial charge on any atom is 0.216 e. The number of benzene rings is 2. The minimum Gasteiger partial charge on any atom is -0.477 e. The number of anilines is 1. The van der Waals surface area contributed by atoms with Crippen molar-refractivity contribution < 1.29 is 9.47 Å². The predicted molar refractivity (Wildman–Crippen MR) is 158 cm³/mol.